The van der Waals surface area contributed by atoms with Gasteiger partial charge in [-0.25, -0.2) is 9.59 Å². The number of rotatable bonds is 5. The van der Waals surface area contributed by atoms with Crippen molar-refractivity contribution in [3.8, 4) is 0 Å². The molecule has 0 radical (unpaired) electrons. The lowest BCUT2D eigenvalue weighted by Crippen LogP contribution is -2.54. The fourth-order valence-corrected chi connectivity index (χ4v) is 1.50. The maximum absolute atomic E-state index is 12.1. The molecule has 0 saturated heterocycles. The summed E-state index contributed by atoms with van der Waals surface area (Å²) in [5, 5.41) is 11.6. The van der Waals surface area contributed by atoms with Gasteiger partial charge in [-0.05, 0) is 12.3 Å². The minimum absolute atomic E-state index is 0.0776. The predicted octanol–water partition coefficient (Wildman–Crippen LogP) is 0.605. The second-order valence-electron chi connectivity index (χ2n) is 5.89. The average molecular weight is 287 g/mol. The molecule has 0 heterocycles. The Morgan fingerprint density at radius 1 is 1.20 bits per heavy atom. The Labute approximate surface area is 119 Å². The molecule has 7 heteroatoms. The zero-order chi connectivity index (χ0) is 16.1. The molecule has 3 amide bonds. The lowest BCUT2D eigenvalue weighted by atomic mass is 9.87. The summed E-state index contributed by atoms with van der Waals surface area (Å²) >= 11 is 0. The summed E-state index contributed by atoms with van der Waals surface area (Å²) < 4.78 is 0. The number of carboxylic acid groups (broad SMARTS) is 1. The van der Waals surface area contributed by atoms with Crippen LogP contribution in [-0.4, -0.2) is 66.0 Å². The first-order valence-electron chi connectivity index (χ1n) is 6.49. The second kappa shape index (κ2) is 7.12. The normalized spacial score (nSPS) is 12.5. The molecule has 20 heavy (non-hydrogen) atoms. The van der Waals surface area contributed by atoms with Gasteiger partial charge < -0.3 is 20.2 Å². The van der Waals surface area contributed by atoms with E-state index in [0.29, 0.717) is 6.54 Å². The Bertz CT molecular complexity index is 374. The van der Waals surface area contributed by atoms with Gasteiger partial charge in [0.05, 0.1) is 0 Å². The third-order valence-electron chi connectivity index (χ3n) is 2.87. The van der Waals surface area contributed by atoms with E-state index < -0.39 is 23.5 Å². The third-order valence-corrected chi connectivity index (χ3v) is 2.87. The number of hydrogen-bond donors (Lipinski definition) is 2. The smallest absolute Gasteiger partial charge is 0.326 e. The lowest BCUT2D eigenvalue weighted by Gasteiger charge is -2.30. The minimum atomic E-state index is -1.10. The number of carbonyl (C=O) groups excluding carboxylic acids is 2. The minimum Gasteiger partial charge on any atom is -0.480 e. The number of nitrogens with one attached hydrogen (secondary N) is 1. The molecule has 0 bridgehead atoms. The van der Waals surface area contributed by atoms with Crippen molar-refractivity contribution < 1.29 is 19.5 Å². The first-order valence-corrected chi connectivity index (χ1v) is 6.49. The predicted molar refractivity (Wildman–Crippen MR) is 75.4 cm³/mol. The van der Waals surface area contributed by atoms with Crippen LogP contribution in [0.3, 0.4) is 0 Å². The van der Waals surface area contributed by atoms with E-state index in [1.54, 1.807) is 41.8 Å². The summed E-state index contributed by atoms with van der Waals surface area (Å²) in [5.41, 5.74) is -0.619. The summed E-state index contributed by atoms with van der Waals surface area (Å²) in [6, 6.07) is -1.57. The molecule has 0 aromatic rings. The summed E-state index contributed by atoms with van der Waals surface area (Å²) in [4.78, 5) is 37.6. The van der Waals surface area contributed by atoms with Crippen LogP contribution in [0, 0.1) is 5.41 Å². The van der Waals surface area contributed by atoms with Gasteiger partial charge in [-0.3, -0.25) is 4.79 Å². The number of likely N-dealkylation sites (N-methyl/N-ethyl adjacent to an activating group) is 2. The van der Waals surface area contributed by atoms with E-state index in [-0.39, 0.29) is 12.5 Å². The average Bonchev–Trinajstić information content (AvgIpc) is 2.30. The first-order chi connectivity index (χ1) is 9.00. The highest BCUT2D eigenvalue weighted by atomic mass is 16.4. The van der Waals surface area contributed by atoms with Gasteiger partial charge in [0, 0.05) is 20.6 Å². The zero-order valence-electron chi connectivity index (χ0n) is 13.1. The van der Waals surface area contributed by atoms with Crippen LogP contribution in [0.4, 0.5) is 4.79 Å². The Hall–Kier alpha value is -1.79. The van der Waals surface area contributed by atoms with Crippen LogP contribution in [0.15, 0.2) is 0 Å². The number of carboxylic acids is 1. The van der Waals surface area contributed by atoms with Gasteiger partial charge in [0.2, 0.25) is 5.91 Å². The number of nitrogens with zero attached hydrogens (tertiary/aromatic N) is 2. The van der Waals surface area contributed by atoms with E-state index in [1.165, 1.54) is 9.80 Å². The van der Waals surface area contributed by atoms with Crippen molar-refractivity contribution in [2.45, 2.75) is 33.7 Å². The Morgan fingerprint density at radius 2 is 1.70 bits per heavy atom. The quantitative estimate of drug-likeness (QED) is 0.775. The molecular formula is C13H25N3O4. The van der Waals surface area contributed by atoms with Gasteiger partial charge in [-0.2, -0.15) is 0 Å². The van der Waals surface area contributed by atoms with E-state index >= 15 is 0 Å². The van der Waals surface area contributed by atoms with Crippen LogP contribution in [-0.2, 0) is 9.59 Å². The Kier molecular flexibility index (Phi) is 6.48. The molecule has 2 N–H and O–H groups in total. The van der Waals surface area contributed by atoms with Gasteiger partial charge in [0.15, 0.2) is 0 Å². The van der Waals surface area contributed by atoms with Gasteiger partial charge >= 0.3 is 12.0 Å². The van der Waals surface area contributed by atoms with Crippen molar-refractivity contribution in [2.24, 2.45) is 5.41 Å². The van der Waals surface area contributed by atoms with Crippen molar-refractivity contribution in [3.63, 3.8) is 0 Å². The summed E-state index contributed by atoms with van der Waals surface area (Å²) in [6.07, 6.45) is 0. The molecule has 0 aliphatic carbocycles. The molecule has 0 aromatic heterocycles. The van der Waals surface area contributed by atoms with E-state index in [9.17, 15) is 19.5 Å². The standard InChI is InChI=1S/C13H25N3O4/c1-7-16(8-9(17)15(5)6)12(20)14-10(11(18)19)13(2,3)4/h10H,7-8H2,1-6H3,(H,14,20)(H,18,19)/t10-/m1/s1. The van der Waals surface area contributed by atoms with E-state index in [4.69, 9.17) is 0 Å². The number of amides is 3. The van der Waals surface area contributed by atoms with Crippen molar-refractivity contribution in [1.29, 1.82) is 0 Å². The molecule has 0 aliphatic rings. The topological polar surface area (TPSA) is 90.0 Å². The number of carbonyl (C=O) groups is 3. The summed E-state index contributed by atoms with van der Waals surface area (Å²) in [6.45, 7) is 7.16. The van der Waals surface area contributed by atoms with E-state index in [0.717, 1.165) is 0 Å². The number of urea groups is 1. The van der Waals surface area contributed by atoms with Crippen LogP contribution < -0.4 is 5.32 Å². The molecule has 0 aromatic carbocycles. The summed E-state index contributed by atoms with van der Waals surface area (Å²) in [5.74, 6) is -1.31. The van der Waals surface area contributed by atoms with Gasteiger partial charge in [-0.15, -0.1) is 0 Å². The van der Waals surface area contributed by atoms with Crippen LogP contribution in [0.2, 0.25) is 0 Å². The molecule has 7 nitrogen and oxygen atoms in total. The van der Waals surface area contributed by atoms with Gasteiger partial charge in [-0.1, -0.05) is 20.8 Å². The lowest BCUT2D eigenvalue weighted by molar-refractivity contribution is -0.142. The zero-order valence-corrected chi connectivity index (χ0v) is 13.1. The number of hydrogen-bond acceptors (Lipinski definition) is 3. The maximum Gasteiger partial charge on any atom is 0.326 e. The Morgan fingerprint density at radius 3 is 2.00 bits per heavy atom. The van der Waals surface area contributed by atoms with Crippen LogP contribution in [0.5, 0.6) is 0 Å². The highest BCUT2D eigenvalue weighted by Crippen LogP contribution is 2.19. The van der Waals surface area contributed by atoms with Crippen LogP contribution >= 0.6 is 0 Å². The third kappa shape index (κ3) is 5.46. The molecule has 0 rings (SSSR count). The van der Waals surface area contributed by atoms with Crippen LogP contribution in [0.25, 0.3) is 0 Å². The van der Waals surface area contributed by atoms with Gasteiger partial charge in [0.1, 0.15) is 12.6 Å². The van der Waals surface area contributed by atoms with Crippen molar-refractivity contribution in [1.82, 2.24) is 15.1 Å². The molecule has 116 valence electrons. The molecule has 1 atom stereocenters. The summed E-state index contributed by atoms with van der Waals surface area (Å²) in [7, 11) is 3.20. The van der Waals surface area contributed by atoms with Crippen LogP contribution in [0.1, 0.15) is 27.7 Å². The van der Waals surface area contributed by atoms with E-state index in [1.807, 2.05) is 0 Å². The Balaban J connectivity index is 4.85. The molecule has 0 aliphatic heterocycles. The fraction of sp³-hybridized carbons (Fsp3) is 0.769. The largest absolute Gasteiger partial charge is 0.480 e. The fourth-order valence-electron chi connectivity index (χ4n) is 1.50. The SMILES string of the molecule is CCN(CC(=O)N(C)C)C(=O)N[C@H](C(=O)O)C(C)(C)C. The van der Waals surface area contributed by atoms with Crippen molar-refractivity contribution in [2.75, 3.05) is 27.2 Å². The molecule has 0 saturated carbocycles. The first kappa shape index (κ1) is 18.2. The number of aliphatic carboxylic acids is 1. The molecule has 0 unspecified atom stereocenters. The van der Waals surface area contributed by atoms with Crippen molar-refractivity contribution >= 4 is 17.9 Å². The monoisotopic (exact) mass is 287 g/mol. The molecule has 0 spiro atoms. The van der Waals surface area contributed by atoms with E-state index in [2.05, 4.69) is 5.32 Å². The highest BCUT2D eigenvalue weighted by molar-refractivity contribution is 5.86. The molecular weight excluding hydrogens is 262 g/mol. The highest BCUT2D eigenvalue weighted by Gasteiger charge is 2.33. The maximum atomic E-state index is 12.1. The molecule has 0 fully saturated rings. The second-order valence-corrected chi connectivity index (χ2v) is 5.89. The van der Waals surface area contributed by atoms with Gasteiger partial charge in [0.25, 0.3) is 0 Å². The van der Waals surface area contributed by atoms with Crippen molar-refractivity contribution in [3.05, 3.63) is 0 Å².